The Labute approximate surface area is 106 Å². The molecule has 0 radical (unpaired) electrons. The molecule has 0 atom stereocenters. The molecule has 0 aliphatic heterocycles. The van der Waals surface area contributed by atoms with Crippen LogP contribution in [0.1, 0.15) is 5.56 Å². The van der Waals surface area contributed by atoms with Gasteiger partial charge in [0.05, 0.1) is 0 Å². The van der Waals surface area contributed by atoms with E-state index in [9.17, 15) is 22.4 Å². The normalized spacial score (nSPS) is 11.2. The van der Waals surface area contributed by atoms with Gasteiger partial charge >= 0.3 is 6.18 Å². The van der Waals surface area contributed by atoms with Crippen molar-refractivity contribution in [3.63, 3.8) is 0 Å². The van der Waals surface area contributed by atoms with Crippen molar-refractivity contribution in [2.24, 2.45) is 5.73 Å². The van der Waals surface area contributed by atoms with Crippen molar-refractivity contribution in [2.45, 2.75) is 12.7 Å². The van der Waals surface area contributed by atoms with Crippen molar-refractivity contribution in [3.8, 4) is 5.75 Å². The second kappa shape index (κ2) is 6.37. The molecule has 0 bridgehead atoms. The molecule has 0 aromatic heterocycles. The van der Waals surface area contributed by atoms with Crippen LogP contribution in [-0.2, 0) is 11.3 Å². The lowest BCUT2D eigenvalue weighted by atomic mass is 10.2. The summed E-state index contributed by atoms with van der Waals surface area (Å²) in [7, 11) is 0. The highest BCUT2D eigenvalue weighted by atomic mass is 19.4. The Morgan fingerprint density at radius 1 is 1.37 bits per heavy atom. The molecule has 4 nitrogen and oxygen atoms in total. The Morgan fingerprint density at radius 3 is 2.63 bits per heavy atom. The Hall–Kier alpha value is -1.83. The second-order valence-corrected chi connectivity index (χ2v) is 3.64. The Morgan fingerprint density at radius 2 is 2.05 bits per heavy atom. The molecule has 0 aliphatic rings. The Balaban J connectivity index is 2.50. The summed E-state index contributed by atoms with van der Waals surface area (Å²) in [6.07, 6.45) is -4.48. The number of hydrogen-bond donors (Lipinski definition) is 2. The highest BCUT2D eigenvalue weighted by molar-refractivity contribution is 5.77. The summed E-state index contributed by atoms with van der Waals surface area (Å²) >= 11 is 0. The van der Waals surface area contributed by atoms with E-state index in [1.807, 2.05) is 0 Å². The smallest absolute Gasteiger partial charge is 0.405 e. The zero-order chi connectivity index (χ0) is 14.5. The molecule has 8 heteroatoms. The lowest BCUT2D eigenvalue weighted by Crippen LogP contribution is -2.36. The molecule has 19 heavy (non-hydrogen) atoms. The van der Waals surface area contributed by atoms with Crippen LogP contribution in [0.3, 0.4) is 0 Å². The molecule has 1 amide bonds. The number of carbonyl (C=O) groups excluding carboxylic acids is 1. The first kappa shape index (κ1) is 15.2. The molecule has 3 N–H and O–H groups in total. The molecule has 0 unspecified atom stereocenters. The largest absolute Gasteiger partial charge is 0.483 e. The predicted molar refractivity (Wildman–Crippen MR) is 58.9 cm³/mol. The summed E-state index contributed by atoms with van der Waals surface area (Å²) in [6, 6.07) is 3.49. The molecular weight excluding hydrogens is 268 g/mol. The number of alkyl halides is 3. The summed E-state index contributed by atoms with van der Waals surface area (Å²) in [6.45, 7) is -2.05. The van der Waals surface area contributed by atoms with Crippen molar-refractivity contribution in [2.75, 3.05) is 13.2 Å². The molecule has 0 fully saturated rings. The fourth-order valence-electron chi connectivity index (χ4n) is 1.24. The fourth-order valence-corrected chi connectivity index (χ4v) is 1.24. The first-order valence-electron chi connectivity index (χ1n) is 5.26. The Kier molecular flexibility index (Phi) is 5.11. The second-order valence-electron chi connectivity index (χ2n) is 3.64. The maximum atomic E-state index is 12.9. The van der Waals surface area contributed by atoms with E-state index in [0.717, 1.165) is 12.1 Å². The van der Waals surface area contributed by atoms with Crippen LogP contribution in [0.25, 0.3) is 0 Å². The van der Waals surface area contributed by atoms with Gasteiger partial charge in [0.15, 0.2) is 6.61 Å². The van der Waals surface area contributed by atoms with Crippen LogP contribution >= 0.6 is 0 Å². The van der Waals surface area contributed by atoms with Crippen molar-refractivity contribution in [3.05, 3.63) is 29.6 Å². The van der Waals surface area contributed by atoms with Crippen LogP contribution in [0, 0.1) is 5.82 Å². The van der Waals surface area contributed by atoms with Crippen LogP contribution in [0.5, 0.6) is 5.75 Å². The summed E-state index contributed by atoms with van der Waals surface area (Å²) in [5.74, 6) is -1.29. The lowest BCUT2D eigenvalue weighted by Gasteiger charge is -2.11. The molecule has 0 saturated carbocycles. The third-order valence-electron chi connectivity index (χ3n) is 2.09. The minimum absolute atomic E-state index is 0.0166. The standard InChI is InChI=1S/C11H12F4N2O2/c12-8-1-2-9(7(3-8)4-16)19-5-10(18)17-6-11(13,14)15/h1-3H,4-6,16H2,(H,17,18). The van der Waals surface area contributed by atoms with Gasteiger partial charge in [-0.1, -0.05) is 0 Å². The summed E-state index contributed by atoms with van der Waals surface area (Å²) in [5.41, 5.74) is 5.67. The van der Waals surface area contributed by atoms with Crippen LogP contribution in [0.15, 0.2) is 18.2 Å². The number of rotatable bonds is 5. The van der Waals surface area contributed by atoms with Gasteiger partial charge in [-0.15, -0.1) is 0 Å². The zero-order valence-corrected chi connectivity index (χ0v) is 9.76. The average Bonchev–Trinajstić information content (AvgIpc) is 2.33. The molecule has 1 aromatic carbocycles. The maximum Gasteiger partial charge on any atom is 0.405 e. The monoisotopic (exact) mass is 280 g/mol. The van der Waals surface area contributed by atoms with Crippen molar-refractivity contribution in [1.29, 1.82) is 0 Å². The lowest BCUT2D eigenvalue weighted by molar-refractivity contribution is -0.139. The minimum atomic E-state index is -4.48. The molecule has 1 aromatic rings. The number of carbonyl (C=O) groups is 1. The quantitative estimate of drug-likeness (QED) is 0.800. The van der Waals surface area contributed by atoms with E-state index in [1.165, 1.54) is 6.07 Å². The van der Waals surface area contributed by atoms with Gasteiger partial charge in [0.2, 0.25) is 0 Å². The third-order valence-corrected chi connectivity index (χ3v) is 2.09. The van der Waals surface area contributed by atoms with Gasteiger partial charge in [-0.3, -0.25) is 4.79 Å². The van der Waals surface area contributed by atoms with Crippen LogP contribution in [0.2, 0.25) is 0 Å². The maximum absolute atomic E-state index is 12.9. The first-order chi connectivity index (χ1) is 8.81. The van der Waals surface area contributed by atoms with Crippen molar-refractivity contribution in [1.82, 2.24) is 5.32 Å². The summed E-state index contributed by atoms with van der Waals surface area (Å²) < 4.78 is 53.3. The number of nitrogens with one attached hydrogen (secondary N) is 1. The minimum Gasteiger partial charge on any atom is -0.483 e. The zero-order valence-electron chi connectivity index (χ0n) is 9.76. The Bertz CT molecular complexity index is 449. The fraction of sp³-hybridized carbons (Fsp3) is 0.364. The number of nitrogens with two attached hydrogens (primary N) is 1. The SMILES string of the molecule is NCc1cc(F)ccc1OCC(=O)NCC(F)(F)F. The van der Waals surface area contributed by atoms with E-state index < -0.39 is 31.1 Å². The summed E-state index contributed by atoms with van der Waals surface area (Å²) in [5, 5.41) is 1.65. The molecule has 0 heterocycles. The van der Waals surface area contributed by atoms with Crippen molar-refractivity contribution >= 4 is 5.91 Å². The van der Waals surface area contributed by atoms with Gasteiger partial charge in [-0.25, -0.2) is 4.39 Å². The number of ether oxygens (including phenoxy) is 1. The molecule has 0 spiro atoms. The molecular formula is C11H12F4N2O2. The number of hydrogen-bond acceptors (Lipinski definition) is 3. The average molecular weight is 280 g/mol. The van der Waals surface area contributed by atoms with E-state index in [-0.39, 0.29) is 12.3 Å². The van der Waals surface area contributed by atoms with Gasteiger partial charge in [0.25, 0.3) is 5.91 Å². The van der Waals surface area contributed by atoms with E-state index >= 15 is 0 Å². The number of halogens is 4. The van der Waals surface area contributed by atoms with Gasteiger partial charge < -0.3 is 15.8 Å². The van der Waals surface area contributed by atoms with Gasteiger partial charge in [-0.05, 0) is 18.2 Å². The topological polar surface area (TPSA) is 64.3 Å². The summed E-state index contributed by atoms with van der Waals surface area (Å²) in [4.78, 5) is 11.1. The molecule has 0 aliphatic carbocycles. The van der Waals surface area contributed by atoms with E-state index in [2.05, 4.69) is 0 Å². The first-order valence-corrected chi connectivity index (χ1v) is 5.26. The van der Waals surface area contributed by atoms with E-state index in [0.29, 0.717) is 5.56 Å². The molecule has 1 rings (SSSR count). The van der Waals surface area contributed by atoms with Gasteiger partial charge in [-0.2, -0.15) is 13.2 Å². The van der Waals surface area contributed by atoms with Crippen LogP contribution in [-0.4, -0.2) is 25.2 Å². The van der Waals surface area contributed by atoms with Gasteiger partial charge in [0, 0.05) is 12.1 Å². The molecule has 0 saturated heterocycles. The number of benzene rings is 1. The van der Waals surface area contributed by atoms with E-state index in [4.69, 9.17) is 10.5 Å². The number of amides is 1. The third kappa shape index (κ3) is 5.56. The van der Waals surface area contributed by atoms with E-state index in [1.54, 1.807) is 5.32 Å². The molecule has 106 valence electrons. The highest BCUT2D eigenvalue weighted by Gasteiger charge is 2.27. The van der Waals surface area contributed by atoms with Crippen LogP contribution < -0.4 is 15.8 Å². The van der Waals surface area contributed by atoms with Crippen molar-refractivity contribution < 1.29 is 27.1 Å². The predicted octanol–water partition coefficient (Wildman–Crippen LogP) is 1.34. The van der Waals surface area contributed by atoms with Crippen LogP contribution in [0.4, 0.5) is 17.6 Å². The van der Waals surface area contributed by atoms with Gasteiger partial charge in [0.1, 0.15) is 18.1 Å². The highest BCUT2D eigenvalue weighted by Crippen LogP contribution is 2.19.